The van der Waals surface area contributed by atoms with Crippen molar-refractivity contribution in [2.45, 2.75) is 13.5 Å². The summed E-state index contributed by atoms with van der Waals surface area (Å²) in [6.45, 7) is 2.95. The molecule has 82 valence electrons. The van der Waals surface area contributed by atoms with Crippen molar-refractivity contribution in [3.63, 3.8) is 0 Å². The minimum absolute atomic E-state index is 0.840. The summed E-state index contributed by atoms with van der Waals surface area (Å²) in [6.07, 6.45) is 0. The third kappa shape index (κ3) is 2.86. The van der Waals surface area contributed by atoms with Crippen molar-refractivity contribution in [1.29, 1.82) is 0 Å². The van der Waals surface area contributed by atoms with Gasteiger partial charge in [0.1, 0.15) is 0 Å². The van der Waals surface area contributed by atoms with Crippen LogP contribution in [0.1, 0.15) is 11.1 Å². The molecule has 1 N–H and O–H groups in total. The molecule has 0 atom stereocenters. The molecule has 2 heteroatoms. The van der Waals surface area contributed by atoms with E-state index in [0.717, 1.165) is 16.7 Å². The normalized spacial score (nSPS) is 10.1. The molecule has 2 aromatic rings. The van der Waals surface area contributed by atoms with Gasteiger partial charge >= 0.3 is 0 Å². The summed E-state index contributed by atoms with van der Waals surface area (Å²) in [5.41, 5.74) is 3.72. The number of nitrogens with one attached hydrogen (secondary N) is 1. The van der Waals surface area contributed by atoms with E-state index in [1.807, 2.05) is 18.2 Å². The fourth-order valence-electron chi connectivity index (χ4n) is 1.59. The van der Waals surface area contributed by atoms with Crippen LogP contribution in [0.5, 0.6) is 0 Å². The lowest BCUT2D eigenvalue weighted by molar-refractivity contribution is 1.13. The molecule has 0 aliphatic carbocycles. The zero-order valence-electron chi connectivity index (χ0n) is 9.20. The lowest BCUT2D eigenvalue weighted by atomic mass is 10.1. The summed E-state index contributed by atoms with van der Waals surface area (Å²) in [6, 6.07) is 16.6. The van der Waals surface area contributed by atoms with E-state index < -0.39 is 0 Å². The van der Waals surface area contributed by atoms with Crippen molar-refractivity contribution in [3.05, 3.63) is 64.1 Å². The minimum atomic E-state index is 0.840. The van der Waals surface area contributed by atoms with Crippen LogP contribution < -0.4 is 5.32 Å². The van der Waals surface area contributed by atoms with Gasteiger partial charge in [-0.15, -0.1) is 0 Å². The molecular weight excluding hydrogens is 262 g/mol. The van der Waals surface area contributed by atoms with E-state index in [1.54, 1.807) is 0 Å². The predicted molar refractivity (Wildman–Crippen MR) is 72.6 cm³/mol. The molecule has 2 aromatic carbocycles. The topological polar surface area (TPSA) is 12.0 Å². The van der Waals surface area contributed by atoms with Crippen molar-refractivity contribution in [2.75, 3.05) is 5.32 Å². The summed E-state index contributed by atoms with van der Waals surface area (Å²) in [7, 11) is 0. The van der Waals surface area contributed by atoms with E-state index in [2.05, 4.69) is 58.5 Å². The Kier molecular flexibility index (Phi) is 3.62. The van der Waals surface area contributed by atoms with E-state index in [9.17, 15) is 0 Å². The summed E-state index contributed by atoms with van der Waals surface area (Å²) < 4.78 is 1.15. The summed E-state index contributed by atoms with van der Waals surface area (Å²) in [5, 5.41) is 3.40. The van der Waals surface area contributed by atoms with Crippen LogP contribution in [0.2, 0.25) is 0 Å². The van der Waals surface area contributed by atoms with Crippen LogP contribution in [0.15, 0.2) is 53.0 Å². The van der Waals surface area contributed by atoms with Crippen molar-refractivity contribution in [1.82, 2.24) is 0 Å². The highest BCUT2D eigenvalue weighted by Crippen LogP contribution is 2.19. The maximum Gasteiger partial charge on any atom is 0.0412 e. The van der Waals surface area contributed by atoms with Crippen molar-refractivity contribution in [3.8, 4) is 0 Å². The summed E-state index contributed by atoms with van der Waals surface area (Å²) in [5.74, 6) is 0. The molecule has 0 aromatic heterocycles. The van der Waals surface area contributed by atoms with Gasteiger partial charge in [-0.05, 0) is 30.7 Å². The number of aryl methyl sites for hydroxylation is 1. The molecule has 0 fully saturated rings. The van der Waals surface area contributed by atoms with Crippen LogP contribution in [-0.2, 0) is 6.54 Å². The average Bonchev–Trinajstić information content (AvgIpc) is 2.32. The molecule has 0 bridgehead atoms. The van der Waals surface area contributed by atoms with Crippen LogP contribution in [0.4, 0.5) is 5.69 Å². The van der Waals surface area contributed by atoms with Crippen molar-refractivity contribution < 1.29 is 0 Å². The first kappa shape index (κ1) is 11.2. The smallest absolute Gasteiger partial charge is 0.0412 e. The lowest BCUT2D eigenvalue weighted by Gasteiger charge is -2.08. The van der Waals surface area contributed by atoms with Gasteiger partial charge in [0.2, 0.25) is 0 Å². The van der Waals surface area contributed by atoms with Gasteiger partial charge in [-0.3, -0.25) is 0 Å². The van der Waals surface area contributed by atoms with Crippen LogP contribution in [0.3, 0.4) is 0 Å². The van der Waals surface area contributed by atoms with Crippen molar-refractivity contribution >= 4 is 21.6 Å². The highest BCUT2D eigenvalue weighted by atomic mass is 79.9. The number of anilines is 1. The Hall–Kier alpha value is -1.28. The second kappa shape index (κ2) is 5.17. The van der Waals surface area contributed by atoms with Gasteiger partial charge in [-0.1, -0.05) is 51.8 Å². The minimum Gasteiger partial charge on any atom is -0.381 e. The van der Waals surface area contributed by atoms with Crippen LogP contribution in [0.25, 0.3) is 0 Å². The predicted octanol–water partition coefficient (Wildman–Crippen LogP) is 4.37. The molecule has 0 unspecified atom stereocenters. The fraction of sp³-hybridized carbons (Fsp3) is 0.143. The zero-order chi connectivity index (χ0) is 11.4. The first-order chi connectivity index (χ1) is 7.75. The number of hydrogen-bond donors (Lipinski definition) is 1. The second-order valence-corrected chi connectivity index (χ2v) is 4.67. The molecule has 1 nitrogen and oxygen atoms in total. The van der Waals surface area contributed by atoms with E-state index >= 15 is 0 Å². The lowest BCUT2D eigenvalue weighted by Crippen LogP contribution is -2.00. The zero-order valence-corrected chi connectivity index (χ0v) is 10.8. The molecule has 0 aliphatic heterocycles. The molecule has 0 amide bonds. The Morgan fingerprint density at radius 3 is 2.56 bits per heavy atom. The Morgan fingerprint density at radius 1 is 1.06 bits per heavy atom. The number of para-hydroxylation sites is 1. The quantitative estimate of drug-likeness (QED) is 0.877. The molecule has 0 aliphatic rings. The summed E-state index contributed by atoms with van der Waals surface area (Å²) in [4.78, 5) is 0. The van der Waals surface area contributed by atoms with Crippen LogP contribution in [0, 0.1) is 6.92 Å². The first-order valence-corrected chi connectivity index (χ1v) is 6.09. The Balaban J connectivity index is 2.08. The monoisotopic (exact) mass is 275 g/mol. The van der Waals surface area contributed by atoms with Crippen LogP contribution >= 0.6 is 15.9 Å². The maximum atomic E-state index is 3.56. The second-order valence-electron chi connectivity index (χ2n) is 3.81. The molecular formula is C14H14BrN. The third-order valence-corrected chi connectivity index (χ3v) is 3.23. The van der Waals surface area contributed by atoms with Gasteiger partial charge in [-0.2, -0.15) is 0 Å². The molecule has 16 heavy (non-hydrogen) atoms. The number of rotatable bonds is 3. The average molecular weight is 276 g/mol. The largest absolute Gasteiger partial charge is 0.381 e. The van der Waals surface area contributed by atoms with E-state index in [0.29, 0.717) is 0 Å². The fourth-order valence-corrected chi connectivity index (χ4v) is 1.98. The maximum absolute atomic E-state index is 3.56. The number of halogens is 1. The van der Waals surface area contributed by atoms with Gasteiger partial charge in [-0.25, -0.2) is 0 Å². The van der Waals surface area contributed by atoms with Gasteiger partial charge in [0, 0.05) is 16.7 Å². The highest BCUT2D eigenvalue weighted by Gasteiger charge is 1.99. The Labute approximate surface area is 105 Å². The standard InChI is InChI=1S/C14H14BrN/c1-11-7-8-14(15)12(9-11)10-16-13-5-3-2-4-6-13/h2-9,16H,10H2,1H3. The summed E-state index contributed by atoms with van der Waals surface area (Å²) >= 11 is 3.56. The molecule has 0 heterocycles. The molecule has 0 radical (unpaired) electrons. The van der Waals surface area contributed by atoms with E-state index in [4.69, 9.17) is 0 Å². The Bertz CT molecular complexity index is 465. The molecule has 0 saturated carbocycles. The van der Waals surface area contributed by atoms with Crippen LogP contribution in [-0.4, -0.2) is 0 Å². The SMILES string of the molecule is Cc1ccc(Br)c(CNc2ccccc2)c1. The van der Waals surface area contributed by atoms with Gasteiger partial charge in [0.15, 0.2) is 0 Å². The van der Waals surface area contributed by atoms with Gasteiger partial charge < -0.3 is 5.32 Å². The Morgan fingerprint density at radius 2 is 1.81 bits per heavy atom. The van der Waals surface area contributed by atoms with Gasteiger partial charge in [0.25, 0.3) is 0 Å². The van der Waals surface area contributed by atoms with Crippen molar-refractivity contribution in [2.24, 2.45) is 0 Å². The third-order valence-electron chi connectivity index (χ3n) is 2.46. The number of hydrogen-bond acceptors (Lipinski definition) is 1. The molecule has 0 spiro atoms. The van der Waals surface area contributed by atoms with E-state index in [-0.39, 0.29) is 0 Å². The first-order valence-electron chi connectivity index (χ1n) is 5.29. The molecule has 2 rings (SSSR count). The number of benzene rings is 2. The van der Waals surface area contributed by atoms with E-state index in [1.165, 1.54) is 11.1 Å². The van der Waals surface area contributed by atoms with Gasteiger partial charge in [0.05, 0.1) is 0 Å². The molecule has 0 saturated heterocycles. The highest BCUT2D eigenvalue weighted by molar-refractivity contribution is 9.10.